The van der Waals surface area contributed by atoms with E-state index in [4.69, 9.17) is 0 Å². The first-order chi connectivity index (χ1) is 61.3. The molecule has 0 radical (unpaired) electrons. The first-order valence-corrected chi connectivity index (χ1v) is 74.7. The summed E-state index contributed by atoms with van der Waals surface area (Å²) in [5, 5.41) is 9.16. The van der Waals surface area contributed by atoms with Crippen LogP contribution in [0.2, 0.25) is 26.6 Å². The number of hydrogen-bond donors (Lipinski definition) is 0. The Morgan fingerprint density at radius 3 is 0.884 bits per heavy atom. The second-order valence-electron chi connectivity index (χ2n) is 34.9. The van der Waals surface area contributed by atoms with E-state index in [0.29, 0.717) is 0 Å². The van der Waals surface area contributed by atoms with Crippen molar-refractivity contribution < 1.29 is 0 Å². The molecule has 0 nitrogen and oxygen atoms in total. The maximum absolute atomic E-state index is 3.69. The van der Waals surface area contributed by atoms with Crippen LogP contribution in [0.3, 0.4) is 0 Å². The van der Waals surface area contributed by atoms with Crippen molar-refractivity contribution in [1.29, 1.82) is 0 Å². The maximum Gasteiger partial charge on any atom is 0.0342 e. The number of aryl methyl sites for hydroxylation is 2. The molecule has 9 heterocycles. The van der Waals surface area contributed by atoms with E-state index in [1.807, 2.05) is 85.6 Å². The number of thiophene rings is 9. The fourth-order valence-corrected chi connectivity index (χ4v) is 69.8. The average Bonchev–Trinajstić information content (AvgIpc) is 1.62. The predicted molar refractivity (Wildman–Crippen MR) is 627 cm³/mol. The molecule has 0 unspecified atom stereocenters. The van der Waals surface area contributed by atoms with E-state index in [1.165, 1.54) is 361 Å². The fraction of sp³-hybridized carbons (Fsp3) is 0.509. The molecular formula is C114H164Br2S11Sn2. The third-order valence-corrected chi connectivity index (χ3v) is 75.5. The largest absolute Gasteiger partial charge is 0.144 e. The van der Waals surface area contributed by atoms with Gasteiger partial charge in [0.25, 0.3) is 0 Å². The summed E-state index contributed by atoms with van der Waals surface area (Å²) in [5.41, 5.74) is 2.78. The zero-order valence-corrected chi connectivity index (χ0v) is 95.5. The summed E-state index contributed by atoms with van der Waals surface area (Å²) in [6.07, 6.45) is 50.8. The minimum absolute atomic E-state index is 0. The topological polar surface area (TPSA) is 0 Å². The smallest absolute Gasteiger partial charge is 0.0342 e. The van der Waals surface area contributed by atoms with E-state index in [0.717, 1.165) is 0 Å². The molecule has 0 aliphatic carbocycles. The van der Waals surface area contributed by atoms with E-state index < -0.39 is 36.8 Å². The van der Waals surface area contributed by atoms with Crippen molar-refractivity contribution in [3.05, 3.63) is 200 Å². The van der Waals surface area contributed by atoms with Gasteiger partial charge in [-0.2, -0.15) is 0 Å². The number of fused-ring (bicyclic) bond motifs is 5. The molecule has 14 rings (SSSR count). The van der Waals surface area contributed by atoms with E-state index in [2.05, 4.69) is 317 Å². The van der Waals surface area contributed by atoms with Crippen LogP contribution in [0.5, 0.6) is 0 Å². The van der Waals surface area contributed by atoms with Crippen molar-refractivity contribution in [2.24, 2.45) is 0 Å². The van der Waals surface area contributed by atoms with Crippen LogP contribution < -0.4 is 5.79 Å². The molecule has 0 aliphatic rings. The molecule has 15 heteroatoms. The van der Waals surface area contributed by atoms with Gasteiger partial charge in [0, 0.05) is 53.2 Å². The zero-order valence-electron chi connectivity index (χ0n) is 77.7. The van der Waals surface area contributed by atoms with Crippen molar-refractivity contribution in [2.45, 2.75) is 367 Å². The van der Waals surface area contributed by atoms with Crippen LogP contribution in [-0.4, -0.2) is 48.3 Å². The summed E-state index contributed by atoms with van der Waals surface area (Å²) in [6, 6.07) is 65.6. The van der Waals surface area contributed by atoms with E-state index in [1.54, 1.807) is 38.0 Å². The number of rotatable bonds is 52. The molecule has 0 atom stereocenters. The number of benzene rings is 5. The third-order valence-electron chi connectivity index (χ3n) is 24.7. The maximum atomic E-state index is 3.69. The second-order valence-corrected chi connectivity index (χ2v) is 77.8. The summed E-state index contributed by atoms with van der Waals surface area (Å²) >= 11 is 24.7. The number of hydrogen-bond acceptors (Lipinski definition) is 11. The van der Waals surface area contributed by atoms with E-state index >= 15 is 0 Å². The Balaban J connectivity index is 0.000000264. The van der Waals surface area contributed by atoms with Gasteiger partial charge in [-0.1, -0.05) is 239 Å². The molecule has 0 amide bonds. The SMILES string of the molecule is C.C.C.C.CCCCCCCCCCCCCCSc1cc(-c2cc3ccccc3s2)sc1-c1sc(-c2cc3ccccc3s2)cc1C.CCCCCCCCCCCCCCSc1cc(Br)sc1-c1sc(Br)cc1C.CCC[CH2][Sn]([CH2]CCC)([CH2]CCC)[c]1cc2ccccc2s1.CCC[CH2][Sn]([CH2]CCC)([CH2]CCC)[c]1cc2ccccc2s1.c1ccc2sccc2c1. The molecule has 129 heavy (non-hydrogen) atoms. The first-order valence-electron chi connectivity index (χ1n) is 48.7. The Kier molecular flexibility index (Phi) is 59.0. The summed E-state index contributed by atoms with van der Waals surface area (Å²) < 4.78 is 22.8. The third kappa shape index (κ3) is 37.6. The Bertz CT molecular complexity index is 4950. The van der Waals surface area contributed by atoms with Gasteiger partial charge in [-0.25, -0.2) is 0 Å². The molecule has 14 aromatic rings. The Hall–Kier alpha value is -2.04. The van der Waals surface area contributed by atoms with Gasteiger partial charge in [0.1, 0.15) is 0 Å². The fourth-order valence-electron chi connectivity index (χ4n) is 17.3. The van der Waals surface area contributed by atoms with Gasteiger partial charge in [-0.3, -0.25) is 0 Å². The van der Waals surface area contributed by atoms with Gasteiger partial charge >= 0.3 is 291 Å². The van der Waals surface area contributed by atoms with Crippen LogP contribution in [0.15, 0.2) is 199 Å². The number of unbranched alkanes of at least 4 members (excludes halogenated alkanes) is 28. The summed E-state index contributed by atoms with van der Waals surface area (Å²) in [4.78, 5) is 14.3. The zero-order chi connectivity index (χ0) is 88.1. The molecule has 9 aromatic heterocycles. The minimum atomic E-state index is -2.19. The first kappa shape index (κ1) is 116. The standard InChI is InChI=1S/C39H44S5.C23H34Br2S3.C8H6S.2C8H5S.6C4H9.4CH4.2Sn/c1-3-4-5-6-7-8-9-10-11-12-13-18-23-40-37-27-36(35-26-30-20-15-17-22-32(30)42-35)44-39(37)38-28(2)24-33(43-38)34-25-29-19-14-16-21-31(29)41-34;1-3-4-5-6-7-8-9-10-11-12-13-14-15-26-19-17-21(25)28-23(19)22-18(2)16-20(24)27-22;3*1-2-4-8-7(3-1)5-6-9-8;6*1-3-4-2;;;;;;/h14-17,19-22,24-27H,3-13,18,23H2,1-2H3;16-17H,3-15H2,1-2H3;1-6H;2*1-5H;6*1,3-4H2,2H3;4*1H4;;. The molecular weight excluding hydrogens is 2120 g/mol. The van der Waals surface area contributed by atoms with Gasteiger partial charge < -0.3 is 0 Å². The van der Waals surface area contributed by atoms with Crippen LogP contribution in [0.1, 0.15) is 327 Å². The van der Waals surface area contributed by atoms with Crippen molar-refractivity contribution in [1.82, 2.24) is 0 Å². The second kappa shape index (κ2) is 65.7. The quantitative estimate of drug-likeness (QED) is 0.0212. The normalized spacial score (nSPS) is 11.3. The molecule has 0 fully saturated rings. The van der Waals surface area contributed by atoms with Gasteiger partial charge in [0.15, 0.2) is 0 Å². The van der Waals surface area contributed by atoms with Crippen molar-refractivity contribution in [3.63, 3.8) is 0 Å². The Morgan fingerprint density at radius 1 is 0.248 bits per heavy atom. The number of thioether (sulfide) groups is 2. The molecule has 0 aliphatic heterocycles. The van der Waals surface area contributed by atoms with Crippen molar-refractivity contribution in [2.75, 3.05) is 11.5 Å². The predicted octanol–water partition coefficient (Wildman–Crippen LogP) is 45.8. The van der Waals surface area contributed by atoms with E-state index in [-0.39, 0.29) is 29.7 Å². The molecule has 0 spiro atoms. The van der Waals surface area contributed by atoms with Gasteiger partial charge in [-0.15, -0.1) is 103 Å². The van der Waals surface area contributed by atoms with Crippen LogP contribution in [-0.2, 0) is 0 Å². The van der Waals surface area contributed by atoms with Crippen LogP contribution in [0.4, 0.5) is 0 Å². The van der Waals surface area contributed by atoms with Gasteiger partial charge in [0.05, 0.1) is 17.3 Å². The summed E-state index contributed by atoms with van der Waals surface area (Å²) in [5.74, 6) is 2.44. The molecule has 0 bridgehead atoms. The monoisotopic (exact) mass is 2280 g/mol. The minimum Gasteiger partial charge on any atom is -0.144 e. The van der Waals surface area contributed by atoms with E-state index in [9.17, 15) is 0 Å². The summed E-state index contributed by atoms with van der Waals surface area (Å²) in [7, 11) is 0. The molecule has 0 saturated heterocycles. The Labute approximate surface area is 856 Å². The van der Waals surface area contributed by atoms with Crippen molar-refractivity contribution >= 4 is 250 Å². The van der Waals surface area contributed by atoms with Crippen molar-refractivity contribution in [3.8, 4) is 39.0 Å². The molecule has 708 valence electrons. The average molecular weight is 2280 g/mol. The van der Waals surface area contributed by atoms with Crippen LogP contribution in [0, 0.1) is 13.8 Å². The van der Waals surface area contributed by atoms with Gasteiger partial charge in [0.2, 0.25) is 0 Å². The van der Waals surface area contributed by atoms with Crippen LogP contribution in [0.25, 0.3) is 89.4 Å². The molecule has 5 aromatic carbocycles. The summed E-state index contributed by atoms with van der Waals surface area (Å²) in [6.45, 7) is 23.3. The molecule has 0 N–H and O–H groups in total. The number of halogens is 2. The molecule has 0 saturated carbocycles. The van der Waals surface area contributed by atoms with Gasteiger partial charge in [-0.05, 0) is 163 Å². The van der Waals surface area contributed by atoms with Crippen LogP contribution >= 0.6 is 157 Å². The Morgan fingerprint density at radius 2 is 0.527 bits per heavy atom.